The number of anilines is 1. The van der Waals surface area contributed by atoms with Crippen LogP contribution in [0.3, 0.4) is 0 Å². The Morgan fingerprint density at radius 2 is 2.19 bits per heavy atom. The van der Waals surface area contributed by atoms with E-state index < -0.39 is 24.1 Å². The smallest absolute Gasteiger partial charge is 0.341 e. The summed E-state index contributed by atoms with van der Waals surface area (Å²) < 4.78 is 1.52. The molecule has 3 aromatic rings. The summed E-state index contributed by atoms with van der Waals surface area (Å²) in [6, 6.07) is 1.73. The molecule has 0 amide bonds. The maximum atomic E-state index is 12.8. The summed E-state index contributed by atoms with van der Waals surface area (Å²) >= 11 is 1.30. The lowest BCUT2D eigenvalue weighted by molar-refractivity contribution is 0.00789. The molecule has 0 aromatic carbocycles. The molecule has 0 radical (unpaired) electrons. The van der Waals surface area contributed by atoms with Crippen molar-refractivity contribution < 1.29 is 25.0 Å². The summed E-state index contributed by atoms with van der Waals surface area (Å²) in [5.41, 5.74) is 0.733. The Balaban J connectivity index is 1.70. The predicted octanol–water partition coefficient (Wildman–Crippen LogP) is 0.395. The van der Waals surface area contributed by atoms with E-state index in [4.69, 9.17) is 9.94 Å². The van der Waals surface area contributed by atoms with Crippen LogP contribution in [0.15, 0.2) is 33.8 Å². The summed E-state index contributed by atoms with van der Waals surface area (Å²) in [5, 5.41) is 33.9. The Kier molecular flexibility index (Phi) is 5.67. The molecule has 0 aliphatic carbocycles. The van der Waals surface area contributed by atoms with Gasteiger partial charge in [0.25, 0.3) is 0 Å². The number of aromatic nitrogens is 3. The minimum absolute atomic E-state index is 0.0979. The highest BCUT2D eigenvalue weighted by molar-refractivity contribution is 7.12. The average Bonchev–Trinajstić information content (AvgIpc) is 3.23. The van der Waals surface area contributed by atoms with Gasteiger partial charge in [0, 0.05) is 17.8 Å². The number of oxime groups is 1. The number of pyridine rings is 2. The molecule has 4 rings (SSSR count). The fraction of sp³-hybridized carbons (Fsp3) is 0.316. The van der Waals surface area contributed by atoms with Crippen LogP contribution < -0.4 is 10.3 Å². The highest BCUT2D eigenvalue weighted by Crippen LogP contribution is 2.26. The molecule has 1 aliphatic rings. The zero-order chi connectivity index (χ0) is 22.1. The molecule has 1 aliphatic heterocycles. The van der Waals surface area contributed by atoms with Crippen molar-refractivity contribution in [3.05, 3.63) is 45.2 Å². The molecule has 0 bridgehead atoms. The monoisotopic (exact) mass is 445 g/mol. The molecule has 0 saturated carbocycles. The van der Waals surface area contributed by atoms with Crippen LogP contribution in [0.25, 0.3) is 16.2 Å². The number of hydrogen-bond acceptors (Lipinski definition) is 10. The third-order valence-corrected chi connectivity index (χ3v) is 5.51. The summed E-state index contributed by atoms with van der Waals surface area (Å²) in [5.74, 6) is -0.706. The SMILES string of the molecule is Cc1cc(N2CC(=NOCC(O)CO)C2)nc2c1c(=O)c(C(=O)O)cn2-c1nccs1. The van der Waals surface area contributed by atoms with E-state index in [0.717, 1.165) is 5.71 Å². The molecule has 1 atom stereocenters. The van der Waals surface area contributed by atoms with E-state index in [9.17, 15) is 19.8 Å². The van der Waals surface area contributed by atoms with Gasteiger partial charge < -0.3 is 25.1 Å². The van der Waals surface area contributed by atoms with Gasteiger partial charge in [-0.15, -0.1) is 11.3 Å². The van der Waals surface area contributed by atoms with Crippen LogP contribution in [0.2, 0.25) is 0 Å². The molecule has 0 spiro atoms. The zero-order valence-corrected chi connectivity index (χ0v) is 17.2. The van der Waals surface area contributed by atoms with E-state index in [1.807, 2.05) is 4.90 Å². The van der Waals surface area contributed by atoms with Crippen molar-refractivity contribution in [3.8, 4) is 5.13 Å². The maximum Gasteiger partial charge on any atom is 0.341 e. The van der Waals surface area contributed by atoms with Crippen LogP contribution >= 0.6 is 11.3 Å². The number of carboxylic acids is 1. The molecular formula is C19H19N5O6S. The van der Waals surface area contributed by atoms with Crippen molar-refractivity contribution in [1.82, 2.24) is 14.5 Å². The van der Waals surface area contributed by atoms with Crippen molar-refractivity contribution in [2.45, 2.75) is 13.0 Å². The molecule has 31 heavy (non-hydrogen) atoms. The van der Waals surface area contributed by atoms with Crippen molar-refractivity contribution in [2.24, 2.45) is 5.16 Å². The molecule has 1 fully saturated rings. The van der Waals surface area contributed by atoms with Crippen LogP contribution in [-0.4, -0.2) is 73.9 Å². The lowest BCUT2D eigenvalue weighted by Gasteiger charge is -2.33. The second-order valence-corrected chi connectivity index (χ2v) is 7.88. The Labute approximate surface area is 179 Å². The summed E-state index contributed by atoms with van der Waals surface area (Å²) in [6.45, 7) is 2.13. The lowest BCUT2D eigenvalue weighted by Crippen LogP contribution is -2.48. The predicted molar refractivity (Wildman–Crippen MR) is 113 cm³/mol. The van der Waals surface area contributed by atoms with Gasteiger partial charge in [0.05, 0.1) is 30.8 Å². The zero-order valence-electron chi connectivity index (χ0n) is 16.4. The Bertz CT molecular complexity index is 1210. The van der Waals surface area contributed by atoms with Crippen LogP contribution in [0.4, 0.5) is 5.82 Å². The standard InChI is InChI=1S/C19H19N5O6S/c1-10-4-14(23-5-11(6-23)22-30-9-12(26)8-25)21-17-15(10)16(27)13(18(28)29)7-24(17)19-20-2-3-31-19/h2-4,7,12,25-26H,5-6,8-9H2,1H3,(H,28,29). The fourth-order valence-corrected chi connectivity index (χ4v) is 3.77. The molecule has 11 nitrogen and oxygen atoms in total. The molecule has 1 unspecified atom stereocenters. The molecule has 12 heteroatoms. The highest BCUT2D eigenvalue weighted by atomic mass is 32.1. The van der Waals surface area contributed by atoms with Gasteiger partial charge in [-0.25, -0.2) is 14.8 Å². The number of hydrogen-bond donors (Lipinski definition) is 3. The van der Waals surface area contributed by atoms with Gasteiger partial charge in [-0.2, -0.15) is 0 Å². The Morgan fingerprint density at radius 1 is 1.42 bits per heavy atom. The van der Waals surface area contributed by atoms with Gasteiger partial charge in [0.2, 0.25) is 5.43 Å². The van der Waals surface area contributed by atoms with Crippen LogP contribution in [-0.2, 0) is 4.84 Å². The molecular weight excluding hydrogens is 426 g/mol. The first-order valence-corrected chi connectivity index (χ1v) is 10.2. The first-order valence-electron chi connectivity index (χ1n) is 9.30. The van der Waals surface area contributed by atoms with E-state index in [2.05, 4.69) is 15.1 Å². The minimum atomic E-state index is -1.31. The molecule has 162 valence electrons. The average molecular weight is 445 g/mol. The largest absolute Gasteiger partial charge is 0.477 e. The van der Waals surface area contributed by atoms with E-state index in [1.54, 1.807) is 24.6 Å². The number of aliphatic hydroxyl groups is 2. The van der Waals surface area contributed by atoms with Crippen LogP contribution in [0.5, 0.6) is 0 Å². The fourth-order valence-electron chi connectivity index (χ4n) is 3.15. The number of rotatable bonds is 7. The molecule has 1 saturated heterocycles. The van der Waals surface area contributed by atoms with Crippen LogP contribution in [0, 0.1) is 6.92 Å². The highest BCUT2D eigenvalue weighted by Gasteiger charge is 2.26. The Morgan fingerprint density at radius 3 is 2.84 bits per heavy atom. The van der Waals surface area contributed by atoms with Gasteiger partial charge in [-0.05, 0) is 18.6 Å². The number of aliphatic hydroxyl groups excluding tert-OH is 2. The summed E-state index contributed by atoms with van der Waals surface area (Å²) in [6.07, 6.45) is 1.86. The number of aromatic carboxylic acids is 1. The van der Waals surface area contributed by atoms with Gasteiger partial charge in [-0.3, -0.25) is 9.36 Å². The quantitative estimate of drug-likeness (QED) is 0.439. The maximum absolute atomic E-state index is 12.8. The number of nitrogens with zero attached hydrogens (tertiary/aromatic N) is 5. The second kappa shape index (κ2) is 8.41. The van der Waals surface area contributed by atoms with Crippen molar-refractivity contribution in [3.63, 3.8) is 0 Å². The Hall–Kier alpha value is -3.35. The van der Waals surface area contributed by atoms with Crippen molar-refractivity contribution in [1.29, 1.82) is 0 Å². The van der Waals surface area contributed by atoms with Gasteiger partial charge >= 0.3 is 5.97 Å². The van der Waals surface area contributed by atoms with Crippen LogP contribution in [0.1, 0.15) is 15.9 Å². The van der Waals surface area contributed by atoms with Gasteiger partial charge in [0.15, 0.2) is 10.8 Å². The normalized spacial score (nSPS) is 14.4. The number of carboxylic acid groups (broad SMARTS) is 1. The first-order chi connectivity index (χ1) is 14.9. The lowest BCUT2D eigenvalue weighted by atomic mass is 10.1. The first kappa shape index (κ1) is 20.9. The van der Waals surface area contributed by atoms with Crippen molar-refractivity contribution >= 4 is 39.9 Å². The number of aryl methyl sites for hydroxylation is 1. The minimum Gasteiger partial charge on any atom is -0.477 e. The molecule has 4 heterocycles. The van der Waals surface area contributed by atoms with E-state index in [1.165, 1.54) is 22.1 Å². The van der Waals surface area contributed by atoms with Gasteiger partial charge in [0.1, 0.15) is 24.1 Å². The third-order valence-electron chi connectivity index (χ3n) is 4.74. The van der Waals surface area contributed by atoms with E-state index >= 15 is 0 Å². The third kappa shape index (κ3) is 4.00. The topological polar surface area (TPSA) is 150 Å². The number of fused-ring (bicyclic) bond motifs is 1. The summed E-state index contributed by atoms with van der Waals surface area (Å²) in [4.78, 5) is 40.2. The number of carbonyl (C=O) groups is 1. The molecule has 3 aromatic heterocycles. The van der Waals surface area contributed by atoms with E-state index in [0.29, 0.717) is 35.2 Å². The number of thiazole rings is 1. The second-order valence-electron chi connectivity index (χ2n) is 7.00. The van der Waals surface area contributed by atoms with E-state index in [-0.39, 0.29) is 17.6 Å². The van der Waals surface area contributed by atoms with Gasteiger partial charge in [-0.1, -0.05) is 5.16 Å². The van der Waals surface area contributed by atoms with Crippen molar-refractivity contribution in [2.75, 3.05) is 31.2 Å². The summed E-state index contributed by atoms with van der Waals surface area (Å²) in [7, 11) is 0. The molecule has 3 N–H and O–H groups in total.